The predicted octanol–water partition coefficient (Wildman–Crippen LogP) is 1.20. The molecule has 0 spiro atoms. The van der Waals surface area contributed by atoms with Crippen molar-refractivity contribution in [1.29, 1.82) is 0 Å². The summed E-state index contributed by atoms with van der Waals surface area (Å²) in [6.45, 7) is 2.32. The van der Waals surface area contributed by atoms with Gasteiger partial charge in [-0.2, -0.15) is 5.10 Å². The highest BCUT2D eigenvalue weighted by molar-refractivity contribution is 9.10. The summed E-state index contributed by atoms with van der Waals surface area (Å²) in [5.74, 6) is 0. The molecule has 0 saturated carbocycles. The van der Waals surface area contributed by atoms with Gasteiger partial charge in [0.25, 0.3) is 0 Å². The molecule has 1 atom stereocenters. The average molecular weight is 305 g/mol. The number of hydrogen-bond donors (Lipinski definition) is 1. The molecule has 0 aliphatic carbocycles. The van der Waals surface area contributed by atoms with E-state index in [2.05, 4.69) is 21.0 Å². The lowest BCUT2D eigenvalue weighted by molar-refractivity contribution is -0.0622. The van der Waals surface area contributed by atoms with Crippen molar-refractivity contribution >= 4 is 15.9 Å². The Bertz CT molecular complexity index is 339. The van der Waals surface area contributed by atoms with Crippen molar-refractivity contribution in [2.75, 3.05) is 19.8 Å². The molecule has 1 aromatic rings. The van der Waals surface area contributed by atoms with Crippen LogP contribution >= 0.6 is 15.9 Å². The van der Waals surface area contributed by atoms with E-state index < -0.39 is 6.10 Å². The largest absolute Gasteiger partial charge is 0.389 e. The number of aliphatic hydroxyl groups excluding tert-OH is 1. The number of nitrogens with zero attached hydrogens (tertiary/aromatic N) is 2. The Hall–Kier alpha value is -0.430. The number of ether oxygens (including phenoxy) is 2. The summed E-state index contributed by atoms with van der Waals surface area (Å²) in [5, 5.41) is 13.9. The lowest BCUT2D eigenvalue weighted by Crippen LogP contribution is -2.29. The van der Waals surface area contributed by atoms with Crippen LogP contribution in [0.2, 0.25) is 0 Å². The summed E-state index contributed by atoms with van der Waals surface area (Å²) in [4.78, 5) is 0. The molecule has 96 valence electrons. The third-order valence-corrected chi connectivity index (χ3v) is 3.10. The summed E-state index contributed by atoms with van der Waals surface area (Å²) in [6, 6.07) is 0. The number of halogens is 1. The van der Waals surface area contributed by atoms with Crippen molar-refractivity contribution in [2.24, 2.45) is 0 Å². The molecule has 5 nitrogen and oxygen atoms in total. The average Bonchev–Trinajstić information content (AvgIpc) is 2.73. The lowest BCUT2D eigenvalue weighted by Gasteiger charge is -2.23. The third kappa shape index (κ3) is 4.39. The van der Waals surface area contributed by atoms with Crippen molar-refractivity contribution in [3.05, 3.63) is 16.9 Å². The lowest BCUT2D eigenvalue weighted by atomic mass is 10.1. The number of aliphatic hydroxyl groups is 1. The second kappa shape index (κ2) is 6.49. The summed E-state index contributed by atoms with van der Waals surface area (Å²) in [6.07, 6.45) is 5.07. The Morgan fingerprint density at radius 2 is 2.35 bits per heavy atom. The fourth-order valence-electron chi connectivity index (χ4n) is 1.80. The molecule has 2 rings (SSSR count). The third-order valence-electron chi connectivity index (χ3n) is 2.69. The quantitative estimate of drug-likeness (QED) is 0.888. The molecule has 1 aliphatic heterocycles. The van der Waals surface area contributed by atoms with Crippen LogP contribution in [0.15, 0.2) is 16.9 Å². The summed E-state index contributed by atoms with van der Waals surface area (Å²) in [7, 11) is 0. The minimum absolute atomic E-state index is 0.225. The van der Waals surface area contributed by atoms with E-state index in [4.69, 9.17) is 9.47 Å². The first kappa shape index (κ1) is 13.0. The molecular weight excluding hydrogens is 288 g/mol. The van der Waals surface area contributed by atoms with Gasteiger partial charge in [-0.1, -0.05) is 0 Å². The van der Waals surface area contributed by atoms with E-state index in [1.54, 1.807) is 10.9 Å². The number of hydrogen-bond acceptors (Lipinski definition) is 4. The van der Waals surface area contributed by atoms with E-state index in [0.29, 0.717) is 13.2 Å². The van der Waals surface area contributed by atoms with Crippen LogP contribution < -0.4 is 0 Å². The van der Waals surface area contributed by atoms with Gasteiger partial charge in [0.05, 0.1) is 36.0 Å². The van der Waals surface area contributed by atoms with Crippen molar-refractivity contribution < 1.29 is 14.6 Å². The first-order valence-corrected chi connectivity index (χ1v) is 6.58. The second-order valence-electron chi connectivity index (χ2n) is 4.18. The molecule has 6 heteroatoms. The Morgan fingerprint density at radius 3 is 3.00 bits per heavy atom. The molecule has 0 aromatic carbocycles. The molecule has 1 fully saturated rings. The van der Waals surface area contributed by atoms with Crippen molar-refractivity contribution in [3.8, 4) is 0 Å². The molecule has 0 amide bonds. The number of rotatable bonds is 5. The van der Waals surface area contributed by atoms with Gasteiger partial charge in [-0.15, -0.1) is 0 Å². The minimum atomic E-state index is -0.523. The Kier molecular flexibility index (Phi) is 4.97. The smallest absolute Gasteiger partial charge is 0.0969 e. The Morgan fingerprint density at radius 1 is 1.59 bits per heavy atom. The molecule has 0 radical (unpaired) electrons. The van der Waals surface area contributed by atoms with Gasteiger partial charge >= 0.3 is 0 Å². The summed E-state index contributed by atoms with van der Waals surface area (Å²) in [5.41, 5.74) is 0. The van der Waals surface area contributed by atoms with E-state index in [9.17, 15) is 5.11 Å². The summed E-state index contributed by atoms with van der Waals surface area (Å²) < 4.78 is 13.5. The van der Waals surface area contributed by atoms with E-state index >= 15 is 0 Å². The van der Waals surface area contributed by atoms with Crippen molar-refractivity contribution in [1.82, 2.24) is 9.78 Å². The maximum Gasteiger partial charge on any atom is 0.0969 e. The van der Waals surface area contributed by atoms with Gasteiger partial charge in [-0.05, 0) is 28.8 Å². The standard InChI is InChI=1S/C11H17BrN2O3/c12-9-5-13-14(6-9)7-10(15)8-17-11-1-3-16-4-2-11/h5-6,10-11,15H,1-4,7-8H2/t10-/m1/s1. The first-order chi connectivity index (χ1) is 8.24. The molecule has 1 aromatic heterocycles. The van der Waals surface area contributed by atoms with Crippen LogP contribution in [0.3, 0.4) is 0 Å². The van der Waals surface area contributed by atoms with E-state index in [0.717, 1.165) is 30.5 Å². The van der Waals surface area contributed by atoms with Gasteiger partial charge in [0, 0.05) is 19.4 Å². The zero-order chi connectivity index (χ0) is 12.1. The zero-order valence-corrected chi connectivity index (χ0v) is 11.2. The van der Waals surface area contributed by atoms with Crippen LogP contribution in [0.5, 0.6) is 0 Å². The molecule has 2 heterocycles. The highest BCUT2D eigenvalue weighted by atomic mass is 79.9. The van der Waals surface area contributed by atoms with Crippen LogP contribution in [0, 0.1) is 0 Å². The van der Waals surface area contributed by atoms with Crippen LogP contribution in [0.4, 0.5) is 0 Å². The van der Waals surface area contributed by atoms with Gasteiger partial charge < -0.3 is 14.6 Å². The normalized spacial score (nSPS) is 19.4. The minimum Gasteiger partial charge on any atom is -0.389 e. The SMILES string of the molecule is O[C@@H](COC1CCOCC1)Cn1cc(Br)cn1. The zero-order valence-electron chi connectivity index (χ0n) is 9.59. The molecule has 0 bridgehead atoms. The maximum absolute atomic E-state index is 9.81. The highest BCUT2D eigenvalue weighted by Crippen LogP contribution is 2.11. The molecule has 17 heavy (non-hydrogen) atoms. The van der Waals surface area contributed by atoms with Gasteiger partial charge in [0.15, 0.2) is 0 Å². The van der Waals surface area contributed by atoms with Crippen LogP contribution in [0.1, 0.15) is 12.8 Å². The molecule has 0 unspecified atom stereocenters. The van der Waals surface area contributed by atoms with Crippen LogP contribution in [0.25, 0.3) is 0 Å². The van der Waals surface area contributed by atoms with Gasteiger partial charge in [-0.3, -0.25) is 4.68 Å². The predicted molar refractivity (Wildman–Crippen MR) is 65.7 cm³/mol. The first-order valence-electron chi connectivity index (χ1n) is 5.79. The Balaban J connectivity index is 1.68. The second-order valence-corrected chi connectivity index (χ2v) is 5.10. The van der Waals surface area contributed by atoms with Crippen molar-refractivity contribution in [2.45, 2.75) is 31.6 Å². The number of aromatic nitrogens is 2. The monoisotopic (exact) mass is 304 g/mol. The molecule has 1 aliphatic rings. The van der Waals surface area contributed by atoms with Crippen molar-refractivity contribution in [3.63, 3.8) is 0 Å². The van der Waals surface area contributed by atoms with Crippen LogP contribution in [-0.4, -0.2) is 46.9 Å². The van der Waals surface area contributed by atoms with E-state index in [-0.39, 0.29) is 6.10 Å². The summed E-state index contributed by atoms with van der Waals surface area (Å²) >= 11 is 3.31. The maximum atomic E-state index is 9.81. The fourth-order valence-corrected chi connectivity index (χ4v) is 2.12. The van der Waals surface area contributed by atoms with Gasteiger partial charge in [0.2, 0.25) is 0 Å². The van der Waals surface area contributed by atoms with Crippen LogP contribution in [-0.2, 0) is 16.0 Å². The van der Waals surface area contributed by atoms with Gasteiger partial charge in [0.1, 0.15) is 0 Å². The molecular formula is C11H17BrN2O3. The highest BCUT2D eigenvalue weighted by Gasteiger charge is 2.16. The Labute approximate surface area is 109 Å². The molecule has 1 N–H and O–H groups in total. The van der Waals surface area contributed by atoms with E-state index in [1.165, 1.54) is 0 Å². The van der Waals surface area contributed by atoms with E-state index in [1.807, 2.05) is 6.20 Å². The van der Waals surface area contributed by atoms with Gasteiger partial charge in [-0.25, -0.2) is 0 Å². The molecule has 1 saturated heterocycles. The fraction of sp³-hybridized carbons (Fsp3) is 0.727. The topological polar surface area (TPSA) is 56.5 Å².